The molecule has 0 radical (unpaired) electrons. The molecule has 1 fully saturated rings. The van der Waals surface area contributed by atoms with Crippen molar-refractivity contribution in [1.29, 1.82) is 0 Å². The first kappa shape index (κ1) is 24.6. The number of piperazine rings is 1. The van der Waals surface area contributed by atoms with E-state index in [2.05, 4.69) is 23.3 Å². The Labute approximate surface area is 196 Å². The molecule has 8 nitrogen and oxygen atoms in total. The van der Waals surface area contributed by atoms with E-state index in [4.69, 9.17) is 14.2 Å². The Morgan fingerprint density at radius 3 is 1.94 bits per heavy atom. The largest absolute Gasteiger partial charge is 0.493 e. The van der Waals surface area contributed by atoms with Crippen LogP contribution in [-0.2, 0) is 0 Å². The number of aromatic nitrogens is 1. The number of ketones is 1. The van der Waals surface area contributed by atoms with Gasteiger partial charge < -0.3 is 23.7 Å². The summed E-state index contributed by atoms with van der Waals surface area (Å²) < 4.78 is 18.3. The minimum absolute atomic E-state index is 0.0966. The summed E-state index contributed by atoms with van der Waals surface area (Å²) >= 11 is 0. The molecule has 0 atom stereocenters. The lowest BCUT2D eigenvalue weighted by Gasteiger charge is -2.34. The second kappa shape index (κ2) is 10.3. The highest BCUT2D eigenvalue weighted by atomic mass is 16.5. The first-order chi connectivity index (χ1) is 15.7. The van der Waals surface area contributed by atoms with Crippen LogP contribution in [0.5, 0.6) is 17.2 Å². The normalized spacial score (nSPS) is 14.5. The smallest absolute Gasteiger partial charge is 0.254 e. The number of nitrogens with zero attached hydrogens (tertiary/aromatic N) is 3. The molecule has 0 spiro atoms. The maximum Gasteiger partial charge on any atom is 0.254 e. The van der Waals surface area contributed by atoms with Gasteiger partial charge in [-0.3, -0.25) is 14.5 Å². The summed E-state index contributed by atoms with van der Waals surface area (Å²) in [7, 11) is 4.59. The molecule has 1 amide bonds. The van der Waals surface area contributed by atoms with E-state index in [1.165, 1.54) is 21.3 Å². The predicted molar refractivity (Wildman–Crippen MR) is 127 cm³/mol. The Bertz CT molecular complexity index is 994. The van der Waals surface area contributed by atoms with Crippen LogP contribution in [0, 0.1) is 13.8 Å². The van der Waals surface area contributed by atoms with Gasteiger partial charge in [0.15, 0.2) is 17.3 Å². The van der Waals surface area contributed by atoms with Crippen LogP contribution in [0.3, 0.4) is 0 Å². The number of rotatable bonds is 8. The second-order valence-electron chi connectivity index (χ2n) is 8.65. The van der Waals surface area contributed by atoms with Gasteiger partial charge >= 0.3 is 0 Å². The number of hydrogen-bond donors (Lipinski definition) is 0. The molecule has 0 bridgehead atoms. The lowest BCUT2D eigenvalue weighted by atomic mass is 10.1. The molecular formula is C25H35N3O5. The molecule has 1 aliphatic rings. The van der Waals surface area contributed by atoms with Crippen LogP contribution < -0.4 is 14.2 Å². The van der Waals surface area contributed by atoms with Crippen LogP contribution in [0.4, 0.5) is 0 Å². The Morgan fingerprint density at radius 1 is 0.909 bits per heavy atom. The van der Waals surface area contributed by atoms with E-state index in [1.54, 1.807) is 17.0 Å². The van der Waals surface area contributed by atoms with E-state index in [9.17, 15) is 9.59 Å². The summed E-state index contributed by atoms with van der Waals surface area (Å²) in [4.78, 5) is 30.0. The standard InChI is InChI=1S/C25H35N3O5/c1-16(2)28-17(3)12-20(18(28)4)21(29)15-26-8-10-27(11-9-26)25(30)19-13-22(31-5)24(33-7)23(14-19)32-6/h12-14,16H,8-11,15H2,1-7H3. The van der Waals surface area contributed by atoms with Crippen molar-refractivity contribution in [3.63, 3.8) is 0 Å². The number of aryl methyl sites for hydroxylation is 1. The van der Waals surface area contributed by atoms with Crippen LogP contribution >= 0.6 is 0 Å². The van der Waals surface area contributed by atoms with Gasteiger partial charge in [-0.05, 0) is 45.9 Å². The van der Waals surface area contributed by atoms with Crippen LogP contribution in [0.2, 0.25) is 0 Å². The number of benzene rings is 1. The first-order valence-electron chi connectivity index (χ1n) is 11.2. The van der Waals surface area contributed by atoms with Crippen molar-refractivity contribution >= 4 is 11.7 Å². The maximum absolute atomic E-state index is 13.1. The predicted octanol–water partition coefficient (Wildman–Crippen LogP) is 3.35. The number of ether oxygens (including phenoxy) is 3. The molecule has 0 unspecified atom stereocenters. The minimum Gasteiger partial charge on any atom is -0.493 e. The highest BCUT2D eigenvalue weighted by Crippen LogP contribution is 2.38. The lowest BCUT2D eigenvalue weighted by molar-refractivity contribution is 0.0623. The first-order valence-corrected chi connectivity index (χ1v) is 11.2. The van der Waals surface area contributed by atoms with E-state index in [1.807, 2.05) is 19.9 Å². The Kier molecular flexibility index (Phi) is 7.68. The van der Waals surface area contributed by atoms with Gasteiger partial charge in [0.1, 0.15) is 0 Å². The zero-order valence-electron chi connectivity index (χ0n) is 20.7. The molecule has 0 saturated carbocycles. The molecule has 3 rings (SSSR count). The van der Waals surface area contributed by atoms with Crippen LogP contribution in [0.1, 0.15) is 52.0 Å². The quantitative estimate of drug-likeness (QED) is 0.566. The van der Waals surface area contributed by atoms with E-state index in [0.29, 0.717) is 61.6 Å². The van der Waals surface area contributed by atoms with Crippen molar-refractivity contribution in [3.8, 4) is 17.2 Å². The Morgan fingerprint density at radius 2 is 1.48 bits per heavy atom. The third-order valence-corrected chi connectivity index (χ3v) is 6.24. The van der Waals surface area contributed by atoms with Gasteiger partial charge in [-0.15, -0.1) is 0 Å². The summed E-state index contributed by atoms with van der Waals surface area (Å²) in [5.74, 6) is 1.38. The van der Waals surface area contributed by atoms with Gasteiger partial charge in [0.05, 0.1) is 27.9 Å². The van der Waals surface area contributed by atoms with E-state index in [-0.39, 0.29) is 11.7 Å². The number of hydrogen-bond acceptors (Lipinski definition) is 6. The fourth-order valence-electron chi connectivity index (χ4n) is 4.64. The molecule has 33 heavy (non-hydrogen) atoms. The number of carbonyl (C=O) groups excluding carboxylic acids is 2. The molecule has 2 aromatic rings. The third kappa shape index (κ3) is 5.00. The number of Topliss-reactive ketones (excluding diaryl/α,β-unsaturated/α-hetero) is 1. The van der Waals surface area contributed by atoms with Gasteiger partial charge in [0.2, 0.25) is 5.75 Å². The van der Waals surface area contributed by atoms with E-state index < -0.39 is 0 Å². The maximum atomic E-state index is 13.1. The molecule has 1 aliphatic heterocycles. The topological polar surface area (TPSA) is 73.2 Å². The van der Waals surface area contributed by atoms with Gasteiger partial charge in [0, 0.05) is 54.7 Å². The fourth-order valence-corrected chi connectivity index (χ4v) is 4.64. The average Bonchev–Trinajstić information content (AvgIpc) is 3.11. The van der Waals surface area contributed by atoms with Gasteiger partial charge in [-0.25, -0.2) is 0 Å². The van der Waals surface area contributed by atoms with Crippen LogP contribution in [0.15, 0.2) is 18.2 Å². The Balaban J connectivity index is 1.65. The number of amides is 1. The van der Waals surface area contributed by atoms with Crippen molar-refractivity contribution in [1.82, 2.24) is 14.4 Å². The zero-order chi connectivity index (χ0) is 24.3. The van der Waals surface area contributed by atoms with Crippen molar-refractivity contribution in [2.45, 2.75) is 33.7 Å². The number of methoxy groups -OCH3 is 3. The molecular weight excluding hydrogens is 422 g/mol. The molecule has 2 heterocycles. The summed E-state index contributed by atoms with van der Waals surface area (Å²) in [6.07, 6.45) is 0. The fraction of sp³-hybridized carbons (Fsp3) is 0.520. The molecule has 1 aromatic carbocycles. The SMILES string of the molecule is COc1cc(C(=O)N2CCN(CC(=O)c3cc(C)n(C(C)C)c3C)CC2)cc(OC)c1OC. The van der Waals surface area contributed by atoms with Crippen molar-refractivity contribution < 1.29 is 23.8 Å². The van der Waals surface area contributed by atoms with Crippen molar-refractivity contribution in [2.75, 3.05) is 54.1 Å². The summed E-state index contributed by atoms with van der Waals surface area (Å²) in [5.41, 5.74) is 3.39. The number of carbonyl (C=O) groups is 2. The highest BCUT2D eigenvalue weighted by Gasteiger charge is 2.26. The minimum atomic E-state index is -0.0966. The highest BCUT2D eigenvalue weighted by molar-refractivity contribution is 5.99. The molecule has 0 aliphatic carbocycles. The second-order valence-corrected chi connectivity index (χ2v) is 8.65. The molecule has 0 N–H and O–H groups in total. The van der Waals surface area contributed by atoms with Crippen molar-refractivity contribution in [2.24, 2.45) is 0 Å². The molecule has 1 saturated heterocycles. The van der Waals surface area contributed by atoms with Crippen LogP contribution in [-0.4, -0.2) is 80.1 Å². The van der Waals surface area contributed by atoms with Gasteiger partial charge in [-0.1, -0.05) is 0 Å². The lowest BCUT2D eigenvalue weighted by Crippen LogP contribution is -2.49. The van der Waals surface area contributed by atoms with E-state index in [0.717, 1.165) is 17.0 Å². The summed E-state index contributed by atoms with van der Waals surface area (Å²) in [5, 5.41) is 0. The molecule has 8 heteroatoms. The van der Waals surface area contributed by atoms with E-state index >= 15 is 0 Å². The Hall–Kier alpha value is -3.00. The molecule has 180 valence electrons. The summed E-state index contributed by atoms with van der Waals surface area (Å²) in [6.45, 7) is 11.0. The van der Waals surface area contributed by atoms with Gasteiger partial charge in [0.25, 0.3) is 5.91 Å². The average molecular weight is 458 g/mol. The zero-order valence-corrected chi connectivity index (χ0v) is 20.7. The molecule has 1 aromatic heterocycles. The van der Waals surface area contributed by atoms with Gasteiger partial charge in [-0.2, -0.15) is 0 Å². The monoisotopic (exact) mass is 457 g/mol. The van der Waals surface area contributed by atoms with Crippen molar-refractivity contribution in [3.05, 3.63) is 40.7 Å². The van der Waals surface area contributed by atoms with Crippen LogP contribution in [0.25, 0.3) is 0 Å². The third-order valence-electron chi connectivity index (χ3n) is 6.24. The summed E-state index contributed by atoms with van der Waals surface area (Å²) in [6, 6.07) is 5.65.